The van der Waals surface area contributed by atoms with Gasteiger partial charge in [-0.1, -0.05) is 154 Å². The minimum Gasteiger partial charge on any atom is -0.461 e. The van der Waals surface area contributed by atoms with Crippen LogP contribution in [-0.4, -0.2) is 51.5 Å². The van der Waals surface area contributed by atoms with Gasteiger partial charge in [0.2, 0.25) is 3.79 Å². The average molecular weight is 807 g/mol. The Hall–Kier alpha value is -3.60. The largest absolute Gasteiger partial charge is 0.461 e. The summed E-state index contributed by atoms with van der Waals surface area (Å²) in [6.45, 7) is 1.89. The first-order chi connectivity index (χ1) is 26.0. The number of esters is 3. The molecule has 3 aromatic rings. The summed E-state index contributed by atoms with van der Waals surface area (Å²) in [6, 6.07) is 16.7. The number of amides is 2. The van der Waals surface area contributed by atoms with E-state index in [1.807, 2.05) is 54.6 Å². The van der Waals surface area contributed by atoms with E-state index in [2.05, 4.69) is 22.5 Å². The second-order valence-corrected chi connectivity index (χ2v) is 16.0. The summed E-state index contributed by atoms with van der Waals surface area (Å²) in [5.41, 5.74) is 2.04. The topological polar surface area (TPSA) is 133 Å². The second-order valence-electron chi connectivity index (χ2n) is 13.5. The van der Waals surface area contributed by atoms with Gasteiger partial charge in [0.1, 0.15) is 25.4 Å². The van der Waals surface area contributed by atoms with E-state index in [4.69, 9.17) is 49.0 Å². The van der Waals surface area contributed by atoms with Gasteiger partial charge in [0, 0.05) is 11.8 Å². The number of urea groups is 1. The molecule has 2 amide bonds. The molecule has 54 heavy (non-hydrogen) atoms. The summed E-state index contributed by atoms with van der Waals surface area (Å²) in [5.74, 6) is -1.88. The molecule has 3 rings (SSSR count). The summed E-state index contributed by atoms with van der Waals surface area (Å²) in [6.07, 6.45) is 13.7. The molecular weight excluding hydrogens is 753 g/mol. The zero-order valence-electron chi connectivity index (χ0n) is 31.2. The molecule has 0 unspecified atom stereocenters. The van der Waals surface area contributed by atoms with Crippen LogP contribution in [0.5, 0.6) is 0 Å². The minimum atomic E-state index is -1.79. The second kappa shape index (κ2) is 25.5. The highest BCUT2D eigenvalue weighted by molar-refractivity contribution is 6.67. The summed E-state index contributed by atoms with van der Waals surface area (Å²) < 4.78 is 14.6. The lowest BCUT2D eigenvalue weighted by molar-refractivity contribution is -0.157. The van der Waals surface area contributed by atoms with Crippen LogP contribution in [0.2, 0.25) is 0 Å². The summed E-state index contributed by atoms with van der Waals surface area (Å²) in [7, 11) is 0. The molecule has 0 aliphatic heterocycles. The van der Waals surface area contributed by atoms with Gasteiger partial charge >= 0.3 is 23.9 Å². The first-order valence-corrected chi connectivity index (χ1v) is 20.2. The van der Waals surface area contributed by atoms with Crippen LogP contribution in [-0.2, 0) is 35.2 Å². The van der Waals surface area contributed by atoms with Crippen molar-refractivity contribution in [2.24, 2.45) is 0 Å². The van der Waals surface area contributed by atoms with Crippen molar-refractivity contribution < 1.29 is 33.4 Å². The van der Waals surface area contributed by atoms with Gasteiger partial charge < -0.3 is 24.8 Å². The van der Waals surface area contributed by atoms with E-state index in [0.29, 0.717) is 18.5 Å². The van der Waals surface area contributed by atoms with Crippen LogP contribution in [0.15, 0.2) is 66.9 Å². The van der Waals surface area contributed by atoms with E-state index in [1.165, 1.54) is 51.1 Å². The van der Waals surface area contributed by atoms with Crippen LogP contribution in [0.1, 0.15) is 115 Å². The Kier molecular flexibility index (Phi) is 21.1. The van der Waals surface area contributed by atoms with Gasteiger partial charge in [-0.25, -0.2) is 9.59 Å². The number of nitrogens with one attached hydrogen (secondary N) is 2. The number of hydrogen-bond acceptors (Lipinski definition) is 8. The van der Waals surface area contributed by atoms with E-state index >= 15 is 0 Å². The van der Waals surface area contributed by atoms with Crippen molar-refractivity contribution in [3.8, 4) is 0 Å². The molecular formula is C41H54Cl3N3O7. The number of alkyl halides is 3. The Morgan fingerprint density at radius 3 is 2.09 bits per heavy atom. The summed E-state index contributed by atoms with van der Waals surface area (Å²) >= 11 is 17.3. The number of unbranched alkanes of at least 4 members (excludes halogenated alkanes) is 10. The van der Waals surface area contributed by atoms with Gasteiger partial charge in [-0.05, 0) is 43.4 Å². The number of halogens is 3. The average Bonchev–Trinajstić information content (AvgIpc) is 3.15. The number of nitrogens with zero attached hydrogens (tertiary/aromatic N) is 1. The molecule has 0 spiro atoms. The fraction of sp³-hybridized carbons (Fsp3) is 0.537. The Labute approximate surface area is 334 Å². The number of ether oxygens (including phenoxy) is 3. The zero-order chi connectivity index (χ0) is 39.0. The summed E-state index contributed by atoms with van der Waals surface area (Å²) in [5, 5.41) is 6.24. The van der Waals surface area contributed by atoms with Crippen molar-refractivity contribution in [2.45, 2.75) is 132 Å². The molecule has 2 aromatic carbocycles. The van der Waals surface area contributed by atoms with Gasteiger partial charge in [-0.15, -0.1) is 0 Å². The van der Waals surface area contributed by atoms with Gasteiger partial charge in [0.05, 0.1) is 23.8 Å². The first kappa shape index (κ1) is 44.8. The van der Waals surface area contributed by atoms with Crippen LogP contribution in [0.25, 0.3) is 10.9 Å². The molecule has 0 saturated heterocycles. The van der Waals surface area contributed by atoms with Gasteiger partial charge in [-0.2, -0.15) is 0 Å². The van der Waals surface area contributed by atoms with Crippen molar-refractivity contribution in [1.82, 2.24) is 10.3 Å². The monoisotopic (exact) mass is 805 g/mol. The van der Waals surface area contributed by atoms with Crippen LogP contribution in [0.3, 0.4) is 0 Å². The molecule has 1 heterocycles. The molecule has 0 bridgehead atoms. The number of hydrogen-bond donors (Lipinski definition) is 2. The quantitative estimate of drug-likeness (QED) is 0.0374. The fourth-order valence-electron chi connectivity index (χ4n) is 5.87. The number of carbonyl (C=O) groups is 4. The van der Waals surface area contributed by atoms with Crippen LogP contribution in [0, 0.1) is 0 Å². The van der Waals surface area contributed by atoms with E-state index < -0.39 is 46.5 Å². The van der Waals surface area contributed by atoms with Crippen molar-refractivity contribution in [3.05, 3.63) is 72.4 Å². The Balaban J connectivity index is 1.61. The lowest BCUT2D eigenvalue weighted by Gasteiger charge is -2.23. The number of rotatable bonds is 25. The summed E-state index contributed by atoms with van der Waals surface area (Å²) in [4.78, 5) is 56.5. The Morgan fingerprint density at radius 1 is 0.759 bits per heavy atom. The highest BCUT2D eigenvalue weighted by atomic mass is 35.6. The van der Waals surface area contributed by atoms with Crippen molar-refractivity contribution in [1.29, 1.82) is 0 Å². The third-order valence-corrected chi connectivity index (χ3v) is 9.09. The van der Waals surface area contributed by atoms with E-state index in [1.54, 1.807) is 6.07 Å². The molecule has 2 atom stereocenters. The standard InChI is InChI=1S/C41H54Cl3N3O7/c1-2-3-4-5-6-7-8-9-10-11-15-22-34(27-38(49)53-30-41(42,43)44)54-39(50)36(24-18-25-37(48)52-29-31-19-13-12-14-20-31)47-40(51)46-33-26-32-21-16-17-23-35(32)45-28-33/h12-14,16-17,19-21,23,26,28,34,36H,2-11,15,18,22,24-25,27,29-30H2,1H3,(H2,46,47,51)/t34-,36-/m0/s1. The predicted molar refractivity (Wildman–Crippen MR) is 215 cm³/mol. The number of carbonyl (C=O) groups excluding carboxylic acids is 4. The predicted octanol–water partition coefficient (Wildman–Crippen LogP) is 10.6. The lowest BCUT2D eigenvalue weighted by atomic mass is 10.0. The Bertz CT molecular complexity index is 1570. The maximum absolute atomic E-state index is 13.7. The highest BCUT2D eigenvalue weighted by Gasteiger charge is 2.29. The van der Waals surface area contributed by atoms with Gasteiger partial charge in [-0.3, -0.25) is 14.6 Å². The van der Waals surface area contributed by atoms with Gasteiger partial charge in [0.15, 0.2) is 0 Å². The van der Waals surface area contributed by atoms with Crippen molar-refractivity contribution >= 4 is 75.3 Å². The SMILES string of the molecule is CCCCCCCCCCCCC[C@@H](CC(=O)OCC(Cl)(Cl)Cl)OC(=O)[C@H](CCCC(=O)OCc1ccccc1)NC(=O)Nc1cnc2ccccc2c1. The van der Waals surface area contributed by atoms with E-state index in [0.717, 1.165) is 35.7 Å². The van der Waals surface area contributed by atoms with Crippen LogP contribution in [0.4, 0.5) is 10.5 Å². The van der Waals surface area contributed by atoms with Crippen LogP contribution >= 0.6 is 34.8 Å². The molecule has 1 aromatic heterocycles. The fourth-order valence-corrected chi connectivity index (χ4v) is 6.03. The number of aromatic nitrogens is 1. The smallest absolute Gasteiger partial charge is 0.328 e. The maximum Gasteiger partial charge on any atom is 0.328 e. The Morgan fingerprint density at radius 2 is 1.41 bits per heavy atom. The highest BCUT2D eigenvalue weighted by Crippen LogP contribution is 2.26. The molecule has 13 heteroatoms. The van der Waals surface area contributed by atoms with E-state index in [-0.39, 0.29) is 32.3 Å². The maximum atomic E-state index is 13.7. The molecule has 0 fully saturated rings. The molecule has 0 radical (unpaired) electrons. The molecule has 0 aliphatic carbocycles. The third-order valence-electron chi connectivity index (χ3n) is 8.76. The lowest BCUT2D eigenvalue weighted by Crippen LogP contribution is -2.45. The first-order valence-electron chi connectivity index (χ1n) is 19.1. The number of fused-ring (bicyclic) bond motifs is 1. The zero-order valence-corrected chi connectivity index (χ0v) is 33.4. The minimum absolute atomic E-state index is 0.0139. The third kappa shape index (κ3) is 19.6. The van der Waals surface area contributed by atoms with Gasteiger partial charge in [0.25, 0.3) is 0 Å². The number of benzene rings is 2. The molecule has 296 valence electrons. The van der Waals surface area contributed by atoms with E-state index in [9.17, 15) is 19.2 Å². The number of pyridine rings is 1. The molecule has 10 nitrogen and oxygen atoms in total. The number of anilines is 1. The molecule has 0 saturated carbocycles. The van der Waals surface area contributed by atoms with Crippen molar-refractivity contribution in [3.63, 3.8) is 0 Å². The van der Waals surface area contributed by atoms with Crippen molar-refractivity contribution in [2.75, 3.05) is 11.9 Å². The molecule has 0 aliphatic rings. The van der Waals surface area contributed by atoms with Crippen LogP contribution < -0.4 is 10.6 Å². The normalized spacial score (nSPS) is 12.4. The molecule has 2 N–H and O–H groups in total. The number of para-hydroxylation sites is 1.